The van der Waals surface area contributed by atoms with Gasteiger partial charge in [-0.3, -0.25) is 4.79 Å². The van der Waals surface area contributed by atoms with Crippen LogP contribution in [0.1, 0.15) is 22.8 Å². The van der Waals surface area contributed by atoms with Gasteiger partial charge in [0.1, 0.15) is 5.82 Å². The van der Waals surface area contributed by atoms with E-state index in [0.29, 0.717) is 29.2 Å². The molecule has 22 heavy (non-hydrogen) atoms. The largest absolute Gasteiger partial charge is 0.493 e. The molecule has 0 bridgehead atoms. The molecule has 0 fully saturated rings. The first-order chi connectivity index (χ1) is 10.6. The van der Waals surface area contributed by atoms with Gasteiger partial charge in [0.05, 0.1) is 13.7 Å². The smallest absolute Gasteiger partial charge is 0.251 e. The van der Waals surface area contributed by atoms with Crippen molar-refractivity contribution < 1.29 is 18.7 Å². The van der Waals surface area contributed by atoms with Crippen LogP contribution < -0.4 is 14.8 Å². The molecule has 0 saturated carbocycles. The second kappa shape index (κ2) is 7.45. The Morgan fingerprint density at radius 2 is 2.00 bits per heavy atom. The number of benzene rings is 2. The van der Waals surface area contributed by atoms with Crippen LogP contribution in [0.3, 0.4) is 0 Å². The van der Waals surface area contributed by atoms with Gasteiger partial charge in [0.25, 0.3) is 5.91 Å². The maximum absolute atomic E-state index is 13.1. The average molecular weight is 303 g/mol. The number of amides is 1. The molecular formula is C17H18FNO3. The zero-order valence-electron chi connectivity index (χ0n) is 12.6. The monoisotopic (exact) mass is 303 g/mol. The Morgan fingerprint density at radius 1 is 1.18 bits per heavy atom. The Morgan fingerprint density at radius 3 is 2.68 bits per heavy atom. The summed E-state index contributed by atoms with van der Waals surface area (Å²) in [5, 5.41) is 2.74. The molecule has 0 aromatic heterocycles. The number of rotatable bonds is 6. The number of ether oxygens (including phenoxy) is 2. The van der Waals surface area contributed by atoms with Gasteiger partial charge in [-0.05, 0) is 42.8 Å². The summed E-state index contributed by atoms with van der Waals surface area (Å²) in [6, 6.07) is 11.1. The number of nitrogens with one attached hydrogen (secondary N) is 1. The van der Waals surface area contributed by atoms with E-state index in [1.54, 1.807) is 30.3 Å². The molecule has 2 aromatic rings. The van der Waals surface area contributed by atoms with Gasteiger partial charge in [-0.25, -0.2) is 4.39 Å². The van der Waals surface area contributed by atoms with Crippen molar-refractivity contribution in [1.29, 1.82) is 0 Å². The molecule has 0 aliphatic carbocycles. The van der Waals surface area contributed by atoms with Crippen molar-refractivity contribution in [2.75, 3.05) is 13.7 Å². The van der Waals surface area contributed by atoms with Gasteiger partial charge < -0.3 is 14.8 Å². The Balaban J connectivity index is 2.06. The Kier molecular flexibility index (Phi) is 5.36. The van der Waals surface area contributed by atoms with Crippen LogP contribution in [0.5, 0.6) is 11.5 Å². The Hall–Kier alpha value is -2.56. The predicted molar refractivity (Wildman–Crippen MR) is 81.7 cm³/mol. The standard InChI is InChI=1S/C17H18FNO3/c1-3-22-15-8-7-13(10-16(15)21-2)17(20)19-11-12-5-4-6-14(18)9-12/h4-10H,3,11H2,1-2H3,(H,19,20). The third-order valence-corrected chi connectivity index (χ3v) is 3.07. The van der Waals surface area contributed by atoms with Gasteiger partial charge in [-0.2, -0.15) is 0 Å². The summed E-state index contributed by atoms with van der Waals surface area (Å²) in [4.78, 5) is 12.1. The molecule has 2 rings (SSSR count). The summed E-state index contributed by atoms with van der Waals surface area (Å²) in [5.74, 6) is 0.507. The van der Waals surface area contributed by atoms with Crippen molar-refractivity contribution in [3.63, 3.8) is 0 Å². The van der Waals surface area contributed by atoms with Crippen LogP contribution in [0, 0.1) is 5.82 Å². The average Bonchev–Trinajstić information content (AvgIpc) is 2.53. The van der Waals surface area contributed by atoms with Crippen molar-refractivity contribution in [1.82, 2.24) is 5.32 Å². The van der Waals surface area contributed by atoms with E-state index < -0.39 is 0 Å². The van der Waals surface area contributed by atoms with Crippen molar-refractivity contribution in [3.05, 3.63) is 59.4 Å². The first-order valence-corrected chi connectivity index (χ1v) is 6.97. The Labute approximate surface area is 128 Å². The van der Waals surface area contributed by atoms with Crippen molar-refractivity contribution in [2.24, 2.45) is 0 Å². The van der Waals surface area contributed by atoms with E-state index >= 15 is 0 Å². The number of carbonyl (C=O) groups is 1. The molecule has 0 aliphatic heterocycles. The van der Waals surface area contributed by atoms with Gasteiger partial charge in [0, 0.05) is 12.1 Å². The number of halogens is 1. The lowest BCUT2D eigenvalue weighted by atomic mass is 10.1. The second-order valence-electron chi connectivity index (χ2n) is 4.61. The highest BCUT2D eigenvalue weighted by Crippen LogP contribution is 2.28. The van der Waals surface area contributed by atoms with E-state index in [1.165, 1.54) is 19.2 Å². The Bertz CT molecular complexity index is 658. The first-order valence-electron chi connectivity index (χ1n) is 6.97. The van der Waals surface area contributed by atoms with Crippen molar-refractivity contribution in [2.45, 2.75) is 13.5 Å². The van der Waals surface area contributed by atoms with E-state index in [-0.39, 0.29) is 18.3 Å². The second-order valence-corrected chi connectivity index (χ2v) is 4.61. The lowest BCUT2D eigenvalue weighted by Crippen LogP contribution is -2.22. The predicted octanol–water partition coefficient (Wildman–Crippen LogP) is 3.16. The molecule has 0 heterocycles. The number of carbonyl (C=O) groups excluding carboxylic acids is 1. The lowest BCUT2D eigenvalue weighted by Gasteiger charge is -2.11. The molecule has 2 aromatic carbocycles. The molecule has 5 heteroatoms. The number of hydrogen-bond donors (Lipinski definition) is 1. The van der Waals surface area contributed by atoms with E-state index in [2.05, 4.69) is 5.32 Å². The van der Waals surface area contributed by atoms with Crippen LogP contribution in [0.15, 0.2) is 42.5 Å². The molecule has 0 unspecified atom stereocenters. The maximum Gasteiger partial charge on any atom is 0.251 e. The third kappa shape index (κ3) is 3.97. The quantitative estimate of drug-likeness (QED) is 0.891. The van der Waals surface area contributed by atoms with Crippen LogP contribution in [0.4, 0.5) is 4.39 Å². The molecule has 0 radical (unpaired) electrons. The molecule has 1 amide bonds. The minimum absolute atomic E-state index is 0.256. The zero-order valence-corrected chi connectivity index (χ0v) is 12.6. The molecule has 0 saturated heterocycles. The molecular weight excluding hydrogens is 285 g/mol. The molecule has 0 aliphatic rings. The zero-order chi connectivity index (χ0) is 15.9. The normalized spacial score (nSPS) is 10.1. The molecule has 4 nitrogen and oxygen atoms in total. The summed E-state index contributed by atoms with van der Waals surface area (Å²) in [6.45, 7) is 2.65. The van der Waals surface area contributed by atoms with Gasteiger partial charge >= 0.3 is 0 Å². The molecule has 0 spiro atoms. The van der Waals surface area contributed by atoms with E-state index in [4.69, 9.17) is 9.47 Å². The van der Waals surface area contributed by atoms with Crippen molar-refractivity contribution in [3.8, 4) is 11.5 Å². The highest BCUT2D eigenvalue weighted by molar-refractivity contribution is 5.94. The summed E-state index contributed by atoms with van der Waals surface area (Å²) in [5.41, 5.74) is 1.16. The van der Waals surface area contributed by atoms with E-state index in [9.17, 15) is 9.18 Å². The first kappa shape index (κ1) is 15.8. The fraction of sp³-hybridized carbons (Fsp3) is 0.235. The van der Waals surface area contributed by atoms with Gasteiger partial charge in [-0.15, -0.1) is 0 Å². The highest BCUT2D eigenvalue weighted by Gasteiger charge is 2.11. The van der Waals surface area contributed by atoms with Crippen LogP contribution in [-0.4, -0.2) is 19.6 Å². The van der Waals surface area contributed by atoms with E-state index in [0.717, 1.165) is 0 Å². The summed E-state index contributed by atoms with van der Waals surface area (Å²) in [7, 11) is 1.52. The minimum Gasteiger partial charge on any atom is -0.493 e. The summed E-state index contributed by atoms with van der Waals surface area (Å²) in [6.07, 6.45) is 0. The summed E-state index contributed by atoms with van der Waals surface area (Å²) >= 11 is 0. The topological polar surface area (TPSA) is 47.6 Å². The maximum atomic E-state index is 13.1. The van der Waals surface area contributed by atoms with Gasteiger partial charge in [-0.1, -0.05) is 12.1 Å². The van der Waals surface area contributed by atoms with Gasteiger partial charge in [0.2, 0.25) is 0 Å². The van der Waals surface area contributed by atoms with Crippen LogP contribution >= 0.6 is 0 Å². The molecule has 0 atom stereocenters. The fourth-order valence-electron chi connectivity index (χ4n) is 2.01. The lowest BCUT2D eigenvalue weighted by molar-refractivity contribution is 0.0950. The molecule has 116 valence electrons. The molecule has 1 N–H and O–H groups in total. The summed E-state index contributed by atoms with van der Waals surface area (Å²) < 4.78 is 23.7. The van der Waals surface area contributed by atoms with Crippen molar-refractivity contribution >= 4 is 5.91 Å². The van der Waals surface area contributed by atoms with Gasteiger partial charge in [0.15, 0.2) is 11.5 Å². The number of methoxy groups -OCH3 is 1. The third-order valence-electron chi connectivity index (χ3n) is 3.07. The van der Waals surface area contributed by atoms with Crippen LogP contribution in [0.2, 0.25) is 0 Å². The van der Waals surface area contributed by atoms with Crippen LogP contribution in [0.25, 0.3) is 0 Å². The SMILES string of the molecule is CCOc1ccc(C(=O)NCc2cccc(F)c2)cc1OC. The van der Waals surface area contributed by atoms with Crippen LogP contribution in [-0.2, 0) is 6.54 Å². The minimum atomic E-state index is -0.325. The number of hydrogen-bond acceptors (Lipinski definition) is 3. The highest BCUT2D eigenvalue weighted by atomic mass is 19.1. The van der Waals surface area contributed by atoms with E-state index in [1.807, 2.05) is 6.92 Å². The fourth-order valence-corrected chi connectivity index (χ4v) is 2.01.